The van der Waals surface area contributed by atoms with Crippen molar-refractivity contribution in [2.24, 2.45) is 5.73 Å². The average Bonchev–Trinajstić information content (AvgIpc) is 2.93. The lowest BCUT2D eigenvalue weighted by Gasteiger charge is -2.08. The van der Waals surface area contributed by atoms with Gasteiger partial charge < -0.3 is 10.8 Å². The molecular weight excluding hydrogens is 254 g/mol. The van der Waals surface area contributed by atoms with Gasteiger partial charge in [0.2, 0.25) is 0 Å². The fourth-order valence-electron chi connectivity index (χ4n) is 2.53. The number of benzene rings is 1. The van der Waals surface area contributed by atoms with Crippen molar-refractivity contribution in [1.29, 1.82) is 0 Å². The van der Waals surface area contributed by atoms with Gasteiger partial charge in [0.05, 0.1) is 5.69 Å². The van der Waals surface area contributed by atoms with E-state index in [1.807, 2.05) is 6.07 Å². The monoisotopic (exact) mass is 269 g/mol. The van der Waals surface area contributed by atoms with Gasteiger partial charge in [-0.3, -0.25) is 4.79 Å². The largest absolute Gasteiger partial charge is 0.480 e. The van der Waals surface area contributed by atoms with Gasteiger partial charge in [-0.1, -0.05) is 12.1 Å². The lowest BCUT2D eigenvalue weighted by molar-refractivity contribution is -0.138. The van der Waals surface area contributed by atoms with Crippen LogP contribution in [-0.4, -0.2) is 21.0 Å². The molecule has 0 bridgehead atoms. The number of hydrogen-bond acceptors (Lipinski definition) is 4. The topological polar surface area (TPSA) is 89.1 Å². The highest BCUT2D eigenvalue weighted by Gasteiger charge is 2.18. The zero-order valence-corrected chi connectivity index (χ0v) is 10.9. The first-order chi connectivity index (χ1) is 9.65. The highest BCUT2D eigenvalue weighted by Crippen LogP contribution is 2.27. The van der Waals surface area contributed by atoms with Crippen molar-refractivity contribution in [2.75, 3.05) is 0 Å². The molecule has 0 amide bonds. The number of fused-ring (bicyclic) bond motifs is 1. The Morgan fingerprint density at radius 1 is 1.25 bits per heavy atom. The van der Waals surface area contributed by atoms with Crippen LogP contribution in [0.3, 0.4) is 0 Å². The molecule has 0 aliphatic heterocycles. The van der Waals surface area contributed by atoms with E-state index in [0.29, 0.717) is 5.69 Å². The first kappa shape index (κ1) is 12.7. The van der Waals surface area contributed by atoms with Crippen LogP contribution in [0.2, 0.25) is 0 Å². The highest BCUT2D eigenvalue weighted by molar-refractivity contribution is 5.74. The Labute approximate surface area is 116 Å². The molecule has 1 aliphatic carbocycles. The van der Waals surface area contributed by atoms with E-state index in [1.54, 1.807) is 12.3 Å². The van der Waals surface area contributed by atoms with E-state index in [2.05, 4.69) is 22.1 Å². The molecule has 102 valence electrons. The third-order valence-electron chi connectivity index (χ3n) is 3.61. The molecule has 1 aromatic heterocycles. The van der Waals surface area contributed by atoms with Crippen molar-refractivity contribution >= 4 is 5.97 Å². The number of carbonyl (C=O) groups is 1. The normalized spacial score (nSPS) is 14.8. The van der Waals surface area contributed by atoms with E-state index in [-0.39, 0.29) is 5.82 Å². The number of carboxylic acids is 1. The Morgan fingerprint density at radius 3 is 2.85 bits per heavy atom. The van der Waals surface area contributed by atoms with Gasteiger partial charge in [-0.15, -0.1) is 0 Å². The van der Waals surface area contributed by atoms with Gasteiger partial charge in [-0.25, -0.2) is 9.97 Å². The maximum Gasteiger partial charge on any atom is 0.328 e. The van der Waals surface area contributed by atoms with Crippen LogP contribution < -0.4 is 5.73 Å². The first-order valence-electron chi connectivity index (χ1n) is 6.58. The quantitative estimate of drug-likeness (QED) is 0.885. The lowest BCUT2D eigenvalue weighted by Crippen LogP contribution is -2.23. The summed E-state index contributed by atoms with van der Waals surface area (Å²) in [6, 6.07) is 6.85. The van der Waals surface area contributed by atoms with Crippen LogP contribution in [0.5, 0.6) is 0 Å². The summed E-state index contributed by atoms with van der Waals surface area (Å²) in [4.78, 5) is 19.1. The van der Waals surface area contributed by atoms with Gasteiger partial charge in [0.1, 0.15) is 0 Å². The number of nitrogens with zero attached hydrogens (tertiary/aromatic N) is 2. The minimum atomic E-state index is -1.19. The summed E-state index contributed by atoms with van der Waals surface area (Å²) in [5, 5.41) is 8.92. The molecule has 1 heterocycles. The maximum atomic E-state index is 10.9. The fourth-order valence-corrected chi connectivity index (χ4v) is 2.53. The molecule has 1 unspecified atom stereocenters. The van der Waals surface area contributed by atoms with Gasteiger partial charge in [0, 0.05) is 11.8 Å². The van der Waals surface area contributed by atoms with Crippen molar-refractivity contribution in [1.82, 2.24) is 9.97 Å². The van der Waals surface area contributed by atoms with Crippen molar-refractivity contribution < 1.29 is 9.90 Å². The number of aliphatic carboxylic acids is 1. The van der Waals surface area contributed by atoms with Crippen LogP contribution in [0.1, 0.15) is 29.4 Å². The van der Waals surface area contributed by atoms with Crippen LogP contribution >= 0.6 is 0 Å². The van der Waals surface area contributed by atoms with Gasteiger partial charge in [-0.2, -0.15) is 0 Å². The van der Waals surface area contributed by atoms with E-state index < -0.39 is 12.0 Å². The van der Waals surface area contributed by atoms with Gasteiger partial charge in [0.25, 0.3) is 0 Å². The second kappa shape index (κ2) is 5.02. The Morgan fingerprint density at radius 2 is 2.05 bits per heavy atom. The zero-order valence-electron chi connectivity index (χ0n) is 10.9. The summed E-state index contributed by atoms with van der Waals surface area (Å²) in [7, 11) is 0. The summed E-state index contributed by atoms with van der Waals surface area (Å²) in [5.41, 5.74) is 9.98. The molecule has 5 nitrogen and oxygen atoms in total. The molecule has 0 fully saturated rings. The van der Waals surface area contributed by atoms with Gasteiger partial charge in [-0.05, 0) is 42.5 Å². The van der Waals surface area contributed by atoms with Crippen molar-refractivity contribution in [3.63, 3.8) is 0 Å². The maximum absolute atomic E-state index is 10.9. The molecule has 0 radical (unpaired) electrons. The second-order valence-electron chi connectivity index (χ2n) is 4.95. The first-order valence-corrected chi connectivity index (χ1v) is 6.58. The SMILES string of the molecule is NC(C(=O)O)c1nccc(-c2ccc3c(c2)CCC3)n1. The van der Waals surface area contributed by atoms with E-state index in [9.17, 15) is 4.79 Å². The Bertz CT molecular complexity index is 670. The van der Waals surface area contributed by atoms with Gasteiger partial charge >= 0.3 is 5.97 Å². The molecule has 1 aliphatic rings. The van der Waals surface area contributed by atoms with Crippen LogP contribution in [0.15, 0.2) is 30.5 Å². The van der Waals surface area contributed by atoms with Crippen molar-refractivity contribution in [3.05, 3.63) is 47.4 Å². The van der Waals surface area contributed by atoms with E-state index >= 15 is 0 Å². The molecule has 0 saturated carbocycles. The van der Waals surface area contributed by atoms with E-state index in [4.69, 9.17) is 10.8 Å². The van der Waals surface area contributed by atoms with Crippen LogP contribution in [0.25, 0.3) is 11.3 Å². The van der Waals surface area contributed by atoms with Crippen molar-refractivity contribution in [2.45, 2.75) is 25.3 Å². The van der Waals surface area contributed by atoms with Crippen molar-refractivity contribution in [3.8, 4) is 11.3 Å². The number of nitrogens with two attached hydrogens (primary N) is 1. The number of aromatic nitrogens is 2. The van der Waals surface area contributed by atoms with E-state index in [0.717, 1.165) is 18.4 Å². The molecule has 3 N–H and O–H groups in total. The number of hydrogen-bond donors (Lipinski definition) is 2. The number of aryl methyl sites for hydroxylation is 2. The molecular formula is C15H15N3O2. The fraction of sp³-hybridized carbons (Fsp3) is 0.267. The summed E-state index contributed by atoms with van der Waals surface area (Å²) in [6.45, 7) is 0. The second-order valence-corrected chi connectivity index (χ2v) is 4.95. The summed E-state index contributed by atoms with van der Waals surface area (Å²) in [5.74, 6) is -0.994. The molecule has 0 saturated heterocycles. The third-order valence-corrected chi connectivity index (χ3v) is 3.61. The predicted octanol–water partition coefficient (Wildman–Crippen LogP) is 1.72. The van der Waals surface area contributed by atoms with E-state index in [1.165, 1.54) is 17.5 Å². The lowest BCUT2D eigenvalue weighted by atomic mass is 10.0. The van der Waals surface area contributed by atoms with Gasteiger partial charge in [0.15, 0.2) is 11.9 Å². The summed E-state index contributed by atoms with van der Waals surface area (Å²) >= 11 is 0. The minimum Gasteiger partial charge on any atom is -0.480 e. The molecule has 20 heavy (non-hydrogen) atoms. The van der Waals surface area contributed by atoms with Crippen LogP contribution in [-0.2, 0) is 17.6 Å². The molecule has 1 aromatic carbocycles. The predicted molar refractivity (Wildman–Crippen MR) is 74.1 cm³/mol. The Kier molecular flexibility index (Phi) is 3.20. The third kappa shape index (κ3) is 2.28. The standard InChI is InChI=1S/C15H15N3O2/c16-13(15(19)20)14-17-7-6-12(18-14)11-5-4-9-2-1-3-10(9)8-11/h4-8,13H,1-3,16H2,(H,19,20). The highest BCUT2D eigenvalue weighted by atomic mass is 16.4. The molecule has 2 aromatic rings. The Balaban J connectivity index is 1.98. The molecule has 1 atom stereocenters. The van der Waals surface area contributed by atoms with Crippen LogP contribution in [0.4, 0.5) is 0 Å². The Hall–Kier alpha value is -2.27. The number of carboxylic acid groups (broad SMARTS) is 1. The molecule has 5 heteroatoms. The molecule has 0 spiro atoms. The zero-order chi connectivity index (χ0) is 14.1. The number of rotatable bonds is 3. The minimum absolute atomic E-state index is 0.135. The summed E-state index contributed by atoms with van der Waals surface area (Å²) in [6.07, 6.45) is 4.97. The smallest absolute Gasteiger partial charge is 0.328 e. The summed E-state index contributed by atoms with van der Waals surface area (Å²) < 4.78 is 0. The molecule has 3 rings (SSSR count). The average molecular weight is 269 g/mol. The van der Waals surface area contributed by atoms with Crippen LogP contribution in [0, 0.1) is 0 Å².